The van der Waals surface area contributed by atoms with Crippen LogP contribution in [-0.4, -0.2) is 74.5 Å². The predicted octanol–water partition coefficient (Wildman–Crippen LogP) is 3.34. The monoisotopic (exact) mass is 498 g/mol. The lowest BCUT2D eigenvalue weighted by Gasteiger charge is -2.41. The highest BCUT2D eigenvalue weighted by molar-refractivity contribution is 6.32. The van der Waals surface area contributed by atoms with Gasteiger partial charge in [0.15, 0.2) is 0 Å². The molecule has 1 amide bonds. The van der Waals surface area contributed by atoms with Gasteiger partial charge < -0.3 is 24.6 Å². The number of carbonyl (C=O) groups is 1. The van der Waals surface area contributed by atoms with Crippen molar-refractivity contribution in [1.29, 1.82) is 5.26 Å². The second-order valence-corrected chi connectivity index (χ2v) is 11.6. The maximum Gasteiger partial charge on any atom is 0.229 e. The molecule has 2 bridgehead atoms. The number of nitrogens with zero attached hydrogens (tertiary/aromatic N) is 3. The molecule has 3 saturated heterocycles. The molecule has 35 heavy (non-hydrogen) atoms. The third-order valence-electron chi connectivity index (χ3n) is 9.53. The number of amides is 1. The van der Waals surface area contributed by atoms with Gasteiger partial charge in [0.2, 0.25) is 5.91 Å². The largest absolute Gasteiger partial charge is 0.379 e. The van der Waals surface area contributed by atoms with Crippen LogP contribution in [0.3, 0.4) is 0 Å². The van der Waals surface area contributed by atoms with Gasteiger partial charge in [0.25, 0.3) is 0 Å². The summed E-state index contributed by atoms with van der Waals surface area (Å²) in [7, 11) is 1.76. The lowest BCUT2D eigenvalue weighted by atomic mass is 9.78. The second kappa shape index (κ2) is 9.23. The van der Waals surface area contributed by atoms with Gasteiger partial charge in [-0.3, -0.25) is 4.79 Å². The predicted molar refractivity (Wildman–Crippen MR) is 133 cm³/mol. The van der Waals surface area contributed by atoms with Gasteiger partial charge >= 0.3 is 0 Å². The number of nitriles is 1. The van der Waals surface area contributed by atoms with Crippen LogP contribution in [0.25, 0.3) is 0 Å². The van der Waals surface area contributed by atoms with Gasteiger partial charge in [0.1, 0.15) is 6.07 Å². The number of piperazine rings is 1. The van der Waals surface area contributed by atoms with E-state index in [0.717, 1.165) is 57.5 Å². The number of nitrogens with one attached hydrogen (secondary N) is 1. The van der Waals surface area contributed by atoms with E-state index in [1.54, 1.807) is 13.2 Å². The van der Waals surface area contributed by atoms with Crippen LogP contribution in [-0.2, 0) is 14.3 Å². The number of likely N-dealkylation sites (tertiary alicyclic amines) is 1. The summed E-state index contributed by atoms with van der Waals surface area (Å²) in [6.07, 6.45) is 7.48. The van der Waals surface area contributed by atoms with Crippen molar-refractivity contribution in [1.82, 2.24) is 10.2 Å². The van der Waals surface area contributed by atoms with Crippen molar-refractivity contribution in [2.75, 3.05) is 38.3 Å². The van der Waals surface area contributed by atoms with E-state index in [1.807, 2.05) is 12.1 Å². The summed E-state index contributed by atoms with van der Waals surface area (Å²) in [6.45, 7) is 3.06. The maximum atomic E-state index is 14.2. The van der Waals surface area contributed by atoms with Crippen molar-refractivity contribution in [3.8, 4) is 6.07 Å². The lowest BCUT2D eigenvalue weighted by molar-refractivity contribution is -0.144. The first-order chi connectivity index (χ1) is 17.0. The van der Waals surface area contributed by atoms with Crippen LogP contribution in [0.5, 0.6) is 0 Å². The molecule has 6 rings (SSSR count). The van der Waals surface area contributed by atoms with Crippen LogP contribution in [0.1, 0.15) is 50.5 Å². The SMILES string of the molecule is CO[C@@H]1COCC[C@@H]1N[C@@H]1C[C@H]2CCC[C@@]2(C(=O)N2C[C@H]3C[C@H]2CN3c2ccc(C#N)c(Cl)c2)C1. The van der Waals surface area contributed by atoms with Crippen LogP contribution in [0.15, 0.2) is 18.2 Å². The minimum Gasteiger partial charge on any atom is -0.379 e. The molecule has 1 aromatic rings. The van der Waals surface area contributed by atoms with Crippen LogP contribution in [0.4, 0.5) is 5.69 Å². The third-order valence-corrected chi connectivity index (χ3v) is 9.84. The molecule has 1 N–H and O–H groups in total. The van der Waals surface area contributed by atoms with Gasteiger partial charge in [-0.05, 0) is 62.6 Å². The molecule has 8 heteroatoms. The number of ether oxygens (including phenoxy) is 2. The minimum absolute atomic E-state index is 0.0897. The quantitative estimate of drug-likeness (QED) is 0.671. The Morgan fingerprint density at radius 3 is 2.91 bits per heavy atom. The zero-order valence-corrected chi connectivity index (χ0v) is 21.2. The molecule has 0 spiro atoms. The fourth-order valence-electron chi connectivity index (χ4n) is 7.85. The van der Waals surface area contributed by atoms with E-state index in [1.165, 1.54) is 12.8 Å². The van der Waals surface area contributed by atoms with E-state index in [9.17, 15) is 10.1 Å². The van der Waals surface area contributed by atoms with Gasteiger partial charge in [0, 0.05) is 50.6 Å². The minimum atomic E-state index is -0.196. The van der Waals surface area contributed by atoms with Crippen molar-refractivity contribution < 1.29 is 14.3 Å². The molecule has 7 nitrogen and oxygen atoms in total. The molecule has 3 heterocycles. The number of benzene rings is 1. The number of anilines is 1. The molecule has 0 aromatic heterocycles. The van der Waals surface area contributed by atoms with Crippen LogP contribution >= 0.6 is 11.6 Å². The van der Waals surface area contributed by atoms with Crippen molar-refractivity contribution >= 4 is 23.2 Å². The normalized spacial score (nSPS) is 38.1. The van der Waals surface area contributed by atoms with E-state index in [-0.39, 0.29) is 17.6 Å². The van der Waals surface area contributed by atoms with Crippen molar-refractivity contribution in [3.05, 3.63) is 28.8 Å². The summed E-state index contributed by atoms with van der Waals surface area (Å²) < 4.78 is 11.3. The van der Waals surface area contributed by atoms with E-state index in [2.05, 4.69) is 21.2 Å². The highest BCUT2D eigenvalue weighted by atomic mass is 35.5. The van der Waals surface area contributed by atoms with Crippen molar-refractivity contribution in [3.63, 3.8) is 0 Å². The molecule has 0 radical (unpaired) electrons. The zero-order chi connectivity index (χ0) is 24.2. The van der Waals surface area contributed by atoms with E-state index in [0.29, 0.717) is 47.1 Å². The molecular formula is C27H35ClN4O3. The molecule has 188 valence electrons. The summed E-state index contributed by atoms with van der Waals surface area (Å²) in [5.74, 6) is 0.894. The molecule has 0 unspecified atom stereocenters. The molecule has 7 atom stereocenters. The maximum absolute atomic E-state index is 14.2. The first-order valence-electron chi connectivity index (χ1n) is 13.2. The molecule has 5 aliphatic rings. The average molecular weight is 499 g/mol. The van der Waals surface area contributed by atoms with Crippen LogP contribution in [0.2, 0.25) is 5.02 Å². The number of halogens is 1. The second-order valence-electron chi connectivity index (χ2n) is 11.2. The van der Waals surface area contributed by atoms with Crippen LogP contribution in [0, 0.1) is 22.7 Å². The van der Waals surface area contributed by atoms with Crippen molar-refractivity contribution in [2.24, 2.45) is 11.3 Å². The highest BCUT2D eigenvalue weighted by Crippen LogP contribution is 2.56. The Balaban J connectivity index is 1.14. The number of rotatable bonds is 5. The van der Waals surface area contributed by atoms with E-state index >= 15 is 0 Å². The summed E-state index contributed by atoms with van der Waals surface area (Å²) in [6, 6.07) is 9.08. The summed E-state index contributed by atoms with van der Waals surface area (Å²) in [5, 5.41) is 13.6. The molecule has 2 saturated carbocycles. The number of fused-ring (bicyclic) bond motifs is 3. The van der Waals surface area contributed by atoms with Gasteiger partial charge in [-0.15, -0.1) is 0 Å². The zero-order valence-electron chi connectivity index (χ0n) is 20.4. The highest BCUT2D eigenvalue weighted by Gasteiger charge is 2.59. The molecular weight excluding hydrogens is 464 g/mol. The number of hydrogen-bond acceptors (Lipinski definition) is 6. The van der Waals surface area contributed by atoms with Gasteiger partial charge in [-0.1, -0.05) is 18.0 Å². The summed E-state index contributed by atoms with van der Waals surface area (Å²) >= 11 is 6.30. The Morgan fingerprint density at radius 2 is 2.17 bits per heavy atom. The first-order valence-corrected chi connectivity index (χ1v) is 13.5. The Kier molecular flexibility index (Phi) is 6.21. The average Bonchev–Trinajstić information content (AvgIpc) is 3.63. The fourth-order valence-corrected chi connectivity index (χ4v) is 8.06. The number of carbonyl (C=O) groups excluding carboxylic acids is 1. The summed E-state index contributed by atoms with van der Waals surface area (Å²) in [4.78, 5) is 18.8. The Labute approximate surface area is 212 Å². The fraction of sp³-hybridized carbons (Fsp3) is 0.704. The van der Waals surface area contributed by atoms with Gasteiger partial charge in [0.05, 0.1) is 34.8 Å². The van der Waals surface area contributed by atoms with Crippen LogP contribution < -0.4 is 10.2 Å². The molecule has 3 aliphatic heterocycles. The topological polar surface area (TPSA) is 77.8 Å². The first kappa shape index (κ1) is 23.5. The number of methoxy groups -OCH3 is 1. The molecule has 5 fully saturated rings. The summed E-state index contributed by atoms with van der Waals surface area (Å²) in [5.41, 5.74) is 1.36. The Bertz CT molecular complexity index is 1030. The smallest absolute Gasteiger partial charge is 0.229 e. The molecule has 1 aromatic carbocycles. The Morgan fingerprint density at radius 1 is 1.29 bits per heavy atom. The molecule has 2 aliphatic carbocycles. The van der Waals surface area contributed by atoms with Crippen molar-refractivity contribution in [2.45, 2.75) is 75.2 Å². The lowest BCUT2D eigenvalue weighted by Crippen LogP contribution is -2.54. The standard InChI is InChI=1S/C27H35ClN4O3/c1-34-25-16-35-8-6-24(25)30-19-9-18-3-2-7-27(18,12-19)26(33)32-15-21-10-22(32)14-31(21)20-5-4-17(13-29)23(28)11-20/h4-5,11,18-19,21-22,24-25,30H,2-3,6-10,12,14-16H2,1H3/t18-,19-,21-,22+,24+,25-,27-/m1/s1. The van der Waals surface area contributed by atoms with Gasteiger partial charge in [-0.2, -0.15) is 5.26 Å². The number of hydrogen-bond donors (Lipinski definition) is 1. The Hall–Kier alpha value is -1.85. The third kappa shape index (κ3) is 3.94. The van der Waals surface area contributed by atoms with E-state index in [4.69, 9.17) is 21.1 Å². The van der Waals surface area contributed by atoms with E-state index < -0.39 is 0 Å². The van der Waals surface area contributed by atoms with Gasteiger partial charge in [-0.25, -0.2) is 0 Å².